The lowest BCUT2D eigenvalue weighted by atomic mass is 10.3. The van der Waals surface area contributed by atoms with Crippen molar-refractivity contribution < 1.29 is 8.78 Å². The molecule has 18 heavy (non-hydrogen) atoms. The number of halogens is 2. The average molecular weight is 252 g/mol. The van der Waals surface area contributed by atoms with Crippen LogP contribution in [0, 0.1) is 11.6 Å². The Bertz CT molecular complexity index is 574. The summed E-state index contributed by atoms with van der Waals surface area (Å²) in [6.07, 6.45) is 1.23. The van der Waals surface area contributed by atoms with Gasteiger partial charge in [0.1, 0.15) is 12.0 Å². The van der Waals surface area contributed by atoms with Gasteiger partial charge in [0.15, 0.2) is 23.3 Å². The summed E-state index contributed by atoms with van der Waals surface area (Å²) in [6.45, 7) is 0. The molecule has 1 heterocycles. The summed E-state index contributed by atoms with van der Waals surface area (Å²) in [4.78, 5) is 7.66. The highest BCUT2D eigenvalue weighted by molar-refractivity contribution is 5.77. The molecule has 2 aromatic rings. The minimum atomic E-state index is -0.968. The Hall–Kier alpha value is -2.48. The number of anilines is 4. The van der Waals surface area contributed by atoms with E-state index in [2.05, 4.69) is 20.7 Å². The number of nitrogens with zero attached hydrogens (tertiary/aromatic N) is 2. The van der Waals surface area contributed by atoms with Crippen LogP contribution < -0.4 is 22.3 Å². The van der Waals surface area contributed by atoms with Crippen molar-refractivity contribution in [3.8, 4) is 0 Å². The van der Waals surface area contributed by atoms with Crippen LogP contribution in [0.25, 0.3) is 0 Å². The van der Waals surface area contributed by atoms with Crippen LogP contribution in [-0.2, 0) is 0 Å². The van der Waals surface area contributed by atoms with Gasteiger partial charge >= 0.3 is 0 Å². The lowest BCUT2D eigenvalue weighted by Gasteiger charge is -2.10. The number of rotatable bonds is 3. The Morgan fingerprint density at radius 1 is 1.06 bits per heavy atom. The van der Waals surface area contributed by atoms with E-state index in [4.69, 9.17) is 11.6 Å². The molecule has 0 aliphatic heterocycles. The van der Waals surface area contributed by atoms with Crippen LogP contribution in [0.15, 0.2) is 24.5 Å². The quantitative estimate of drug-likeness (QED) is 0.486. The molecule has 0 radical (unpaired) electrons. The molecule has 6 nitrogen and oxygen atoms in total. The predicted molar refractivity (Wildman–Crippen MR) is 63.9 cm³/mol. The van der Waals surface area contributed by atoms with E-state index < -0.39 is 11.6 Å². The molecule has 0 unspecified atom stereocenters. The van der Waals surface area contributed by atoms with Gasteiger partial charge in [0.05, 0.1) is 0 Å². The first-order valence-electron chi connectivity index (χ1n) is 4.91. The molecular weight excluding hydrogens is 242 g/mol. The van der Waals surface area contributed by atoms with Crippen molar-refractivity contribution in [2.24, 2.45) is 5.84 Å². The minimum absolute atomic E-state index is 0.171. The van der Waals surface area contributed by atoms with Gasteiger partial charge in [-0.1, -0.05) is 0 Å². The molecule has 1 aromatic carbocycles. The Morgan fingerprint density at radius 2 is 1.78 bits per heavy atom. The zero-order chi connectivity index (χ0) is 13.1. The molecule has 1 aromatic heterocycles. The molecule has 0 spiro atoms. The Morgan fingerprint density at radius 3 is 2.44 bits per heavy atom. The lowest BCUT2D eigenvalue weighted by molar-refractivity contribution is 0.509. The third-order valence-electron chi connectivity index (χ3n) is 2.20. The van der Waals surface area contributed by atoms with E-state index in [0.29, 0.717) is 5.69 Å². The Balaban J connectivity index is 2.31. The molecule has 0 saturated heterocycles. The highest BCUT2D eigenvalue weighted by Gasteiger charge is 2.08. The van der Waals surface area contributed by atoms with E-state index in [0.717, 1.165) is 12.1 Å². The summed E-state index contributed by atoms with van der Waals surface area (Å²) >= 11 is 0. The van der Waals surface area contributed by atoms with Crippen LogP contribution in [-0.4, -0.2) is 9.97 Å². The highest BCUT2D eigenvalue weighted by atomic mass is 19.2. The fraction of sp³-hybridized carbons (Fsp3) is 0. The van der Waals surface area contributed by atoms with Crippen LogP contribution in [0.4, 0.5) is 31.8 Å². The molecule has 0 fully saturated rings. The largest absolute Gasteiger partial charge is 0.393 e. The van der Waals surface area contributed by atoms with Crippen molar-refractivity contribution in [1.29, 1.82) is 0 Å². The number of hydrogen-bond donors (Lipinski definition) is 4. The van der Waals surface area contributed by atoms with Crippen molar-refractivity contribution in [2.75, 3.05) is 16.5 Å². The second kappa shape index (κ2) is 4.80. The second-order valence-electron chi connectivity index (χ2n) is 3.38. The van der Waals surface area contributed by atoms with Crippen molar-refractivity contribution in [3.05, 3.63) is 36.2 Å². The number of hydrogen-bond acceptors (Lipinski definition) is 6. The minimum Gasteiger partial charge on any atom is -0.393 e. The monoisotopic (exact) mass is 252 g/mol. The molecular formula is C10H10F2N6. The molecule has 0 aliphatic carbocycles. The SMILES string of the molecule is NNc1ncnc(Nc2ccc(F)c(F)c2)c1N. The maximum absolute atomic E-state index is 13.0. The molecule has 0 atom stereocenters. The van der Waals surface area contributed by atoms with E-state index in [1.807, 2.05) is 0 Å². The number of nitrogens with one attached hydrogen (secondary N) is 2. The van der Waals surface area contributed by atoms with Crippen molar-refractivity contribution in [2.45, 2.75) is 0 Å². The van der Waals surface area contributed by atoms with Gasteiger partial charge in [-0.3, -0.25) is 0 Å². The normalized spacial score (nSPS) is 10.2. The number of hydrazine groups is 1. The average Bonchev–Trinajstić information content (AvgIpc) is 2.36. The zero-order valence-corrected chi connectivity index (χ0v) is 9.11. The van der Waals surface area contributed by atoms with Gasteiger partial charge < -0.3 is 16.5 Å². The molecule has 6 N–H and O–H groups in total. The molecule has 2 rings (SSSR count). The number of nitrogens with two attached hydrogens (primary N) is 2. The van der Waals surface area contributed by atoms with Crippen LogP contribution in [0.1, 0.15) is 0 Å². The van der Waals surface area contributed by atoms with Crippen LogP contribution in [0.2, 0.25) is 0 Å². The standard InChI is InChI=1S/C10H10F2N6/c11-6-2-1-5(3-7(6)12)17-9-8(13)10(18-14)16-4-15-9/h1-4H,13-14H2,(H2,15,16,17,18). The van der Waals surface area contributed by atoms with E-state index >= 15 is 0 Å². The maximum Gasteiger partial charge on any atom is 0.168 e. The Labute approximate surface area is 101 Å². The van der Waals surface area contributed by atoms with E-state index in [1.165, 1.54) is 12.4 Å². The second-order valence-corrected chi connectivity index (χ2v) is 3.38. The molecule has 8 heteroatoms. The molecule has 0 aliphatic rings. The molecule has 0 saturated carbocycles. The molecule has 0 amide bonds. The van der Waals surface area contributed by atoms with Gasteiger partial charge in [-0.2, -0.15) is 0 Å². The fourth-order valence-corrected chi connectivity index (χ4v) is 1.32. The third-order valence-corrected chi connectivity index (χ3v) is 2.20. The predicted octanol–water partition coefficient (Wildman–Crippen LogP) is 1.37. The third kappa shape index (κ3) is 2.28. The maximum atomic E-state index is 13.0. The highest BCUT2D eigenvalue weighted by Crippen LogP contribution is 2.25. The summed E-state index contributed by atoms with van der Waals surface area (Å²) in [5.41, 5.74) is 8.48. The first kappa shape index (κ1) is 12.0. The van der Waals surface area contributed by atoms with Gasteiger partial charge in [-0.15, -0.1) is 0 Å². The van der Waals surface area contributed by atoms with Gasteiger partial charge in [0.25, 0.3) is 0 Å². The van der Waals surface area contributed by atoms with Crippen LogP contribution >= 0.6 is 0 Å². The van der Waals surface area contributed by atoms with E-state index in [-0.39, 0.29) is 17.3 Å². The van der Waals surface area contributed by atoms with Gasteiger partial charge in [-0.25, -0.2) is 24.6 Å². The zero-order valence-electron chi connectivity index (χ0n) is 9.11. The van der Waals surface area contributed by atoms with Crippen molar-refractivity contribution >= 4 is 23.0 Å². The molecule has 0 bridgehead atoms. The topological polar surface area (TPSA) is 102 Å². The van der Waals surface area contributed by atoms with Crippen LogP contribution in [0.5, 0.6) is 0 Å². The Kier molecular flexibility index (Phi) is 3.20. The number of aromatic nitrogens is 2. The number of benzene rings is 1. The van der Waals surface area contributed by atoms with Gasteiger partial charge in [0, 0.05) is 11.8 Å². The summed E-state index contributed by atoms with van der Waals surface area (Å²) in [5.74, 6) is 3.77. The summed E-state index contributed by atoms with van der Waals surface area (Å²) in [7, 11) is 0. The van der Waals surface area contributed by atoms with E-state index in [9.17, 15) is 8.78 Å². The summed E-state index contributed by atoms with van der Waals surface area (Å²) in [5, 5.41) is 2.74. The first-order valence-corrected chi connectivity index (χ1v) is 4.91. The van der Waals surface area contributed by atoms with Crippen molar-refractivity contribution in [3.63, 3.8) is 0 Å². The summed E-state index contributed by atoms with van der Waals surface area (Å²) in [6, 6.07) is 3.35. The van der Waals surface area contributed by atoms with Crippen molar-refractivity contribution in [1.82, 2.24) is 9.97 Å². The number of nitrogen functional groups attached to an aromatic ring is 2. The lowest BCUT2D eigenvalue weighted by Crippen LogP contribution is -2.12. The fourth-order valence-electron chi connectivity index (χ4n) is 1.32. The van der Waals surface area contributed by atoms with Gasteiger partial charge in [-0.05, 0) is 12.1 Å². The van der Waals surface area contributed by atoms with Gasteiger partial charge in [0.2, 0.25) is 0 Å². The summed E-state index contributed by atoms with van der Waals surface area (Å²) < 4.78 is 25.8. The first-order chi connectivity index (χ1) is 8.61. The van der Waals surface area contributed by atoms with E-state index in [1.54, 1.807) is 0 Å². The smallest absolute Gasteiger partial charge is 0.168 e. The van der Waals surface area contributed by atoms with Crippen LogP contribution in [0.3, 0.4) is 0 Å². The molecule has 94 valence electrons.